The van der Waals surface area contributed by atoms with Crippen LogP contribution in [0.15, 0.2) is 42.5 Å². The number of anilines is 1. The molecule has 0 saturated heterocycles. The van der Waals surface area contributed by atoms with Gasteiger partial charge in [0.15, 0.2) is 8.32 Å². The lowest BCUT2D eigenvalue weighted by molar-refractivity contribution is -0.140. The molecule has 1 aliphatic rings. The molecule has 0 radical (unpaired) electrons. The summed E-state index contributed by atoms with van der Waals surface area (Å²) in [5.74, 6) is -0.106. The fourth-order valence-corrected chi connectivity index (χ4v) is 5.67. The van der Waals surface area contributed by atoms with Gasteiger partial charge < -0.3 is 9.33 Å². The van der Waals surface area contributed by atoms with Crippen molar-refractivity contribution >= 4 is 30.9 Å². The lowest BCUT2D eigenvalue weighted by atomic mass is 10.0. The Morgan fingerprint density at radius 3 is 2.29 bits per heavy atom. The Morgan fingerprint density at radius 2 is 1.63 bits per heavy atom. The average Bonchev–Trinajstić information content (AvgIpc) is 3.22. The zero-order valence-electron chi connectivity index (χ0n) is 24.3. The Hall–Kier alpha value is -3.57. The van der Waals surface area contributed by atoms with Crippen molar-refractivity contribution < 1.29 is 22.4 Å². The first-order valence-electron chi connectivity index (χ1n) is 13.5. The van der Waals surface area contributed by atoms with Crippen molar-refractivity contribution in [1.29, 1.82) is 0 Å². The van der Waals surface area contributed by atoms with Crippen molar-refractivity contribution in [3.8, 4) is 11.3 Å². The quantitative estimate of drug-likeness (QED) is 0.231. The molecule has 0 aliphatic carbocycles. The first-order chi connectivity index (χ1) is 19.1. The van der Waals surface area contributed by atoms with Crippen molar-refractivity contribution in [2.45, 2.75) is 72.1 Å². The summed E-state index contributed by atoms with van der Waals surface area (Å²) < 4.78 is 47.3. The number of hydrogen-bond donors (Lipinski definition) is 0. The Bertz CT molecular complexity index is 1660. The summed E-state index contributed by atoms with van der Waals surface area (Å²) in [5, 5.41) is 4.80. The highest BCUT2D eigenvalue weighted by molar-refractivity contribution is 6.74. The number of alkyl halides is 3. The number of nitrogens with zero attached hydrogens (tertiary/aromatic N) is 5. The standard InChI is InChI=1S/C30H34F3N5O2Si/c1-18-16-20(21-9-10-23-22(34-21)11-13-26(35-23)30(31,32)33)8-12-25(18)37-14-15-38-27(28(37)39)19(2)24(36-38)17-40-41(6,7)29(3,4)5/h8-13,16H,14-15,17H2,1-7H3. The molecule has 0 spiro atoms. The second-order valence-corrected chi connectivity index (χ2v) is 16.9. The molecule has 0 N–H and O–H groups in total. The third-order valence-corrected chi connectivity index (χ3v) is 12.7. The number of pyridine rings is 2. The van der Waals surface area contributed by atoms with Crippen LogP contribution in [0, 0.1) is 13.8 Å². The average molecular weight is 582 g/mol. The molecule has 7 nitrogen and oxygen atoms in total. The van der Waals surface area contributed by atoms with E-state index in [1.807, 2.05) is 32.0 Å². The fraction of sp³-hybridized carbons (Fsp3) is 0.400. The van der Waals surface area contributed by atoms with Crippen LogP contribution in [0.5, 0.6) is 0 Å². The Balaban J connectivity index is 1.38. The zero-order chi connectivity index (χ0) is 29.9. The lowest BCUT2D eigenvalue weighted by Crippen LogP contribution is -2.41. The molecule has 0 bridgehead atoms. The largest absolute Gasteiger partial charge is 0.433 e. The number of halogens is 3. The summed E-state index contributed by atoms with van der Waals surface area (Å²) in [5.41, 5.74) is 4.91. The maximum absolute atomic E-state index is 13.7. The van der Waals surface area contributed by atoms with Crippen LogP contribution in [0.4, 0.5) is 18.9 Å². The van der Waals surface area contributed by atoms with Crippen molar-refractivity contribution in [3.05, 3.63) is 70.7 Å². The van der Waals surface area contributed by atoms with E-state index in [2.05, 4.69) is 43.8 Å². The SMILES string of the molecule is Cc1cc(-c2ccc3nc(C(F)(F)F)ccc3n2)ccc1N1CCn2nc(CO[Si](C)(C)C(C)(C)C)c(C)c2C1=O. The second-order valence-electron chi connectivity index (χ2n) is 12.1. The van der Waals surface area contributed by atoms with Crippen LogP contribution in [0.1, 0.15) is 53.8 Å². The van der Waals surface area contributed by atoms with Crippen molar-refractivity contribution in [2.75, 3.05) is 11.4 Å². The maximum Gasteiger partial charge on any atom is 0.433 e. The number of aryl methyl sites for hydroxylation is 1. The monoisotopic (exact) mass is 581 g/mol. The van der Waals surface area contributed by atoms with Gasteiger partial charge >= 0.3 is 6.18 Å². The highest BCUT2D eigenvalue weighted by Gasteiger charge is 2.38. The van der Waals surface area contributed by atoms with Crippen LogP contribution in [0.2, 0.25) is 18.1 Å². The zero-order valence-corrected chi connectivity index (χ0v) is 25.3. The molecule has 4 aromatic rings. The highest BCUT2D eigenvalue weighted by Crippen LogP contribution is 2.38. The molecule has 0 saturated carbocycles. The van der Waals surface area contributed by atoms with Crippen LogP contribution < -0.4 is 4.90 Å². The van der Waals surface area contributed by atoms with Crippen molar-refractivity contribution in [1.82, 2.24) is 19.7 Å². The number of fused-ring (bicyclic) bond motifs is 2. The minimum atomic E-state index is -4.51. The molecule has 5 rings (SSSR count). The van der Waals surface area contributed by atoms with Gasteiger partial charge in [0.2, 0.25) is 0 Å². The van der Waals surface area contributed by atoms with Crippen LogP contribution >= 0.6 is 0 Å². The summed E-state index contributed by atoms with van der Waals surface area (Å²) in [7, 11) is -1.97. The first kappa shape index (κ1) is 28.9. The van der Waals surface area contributed by atoms with Gasteiger partial charge in [-0.15, -0.1) is 0 Å². The number of carbonyl (C=O) groups is 1. The molecule has 4 heterocycles. The van der Waals surface area contributed by atoms with E-state index in [9.17, 15) is 18.0 Å². The molecule has 0 fully saturated rings. The third-order valence-electron chi connectivity index (χ3n) is 8.26. The Kier molecular flexibility index (Phi) is 7.10. The summed E-state index contributed by atoms with van der Waals surface area (Å²) in [6.07, 6.45) is -4.51. The van der Waals surface area contributed by atoms with Crippen LogP contribution in [0.3, 0.4) is 0 Å². The topological polar surface area (TPSA) is 73.1 Å². The molecule has 3 aromatic heterocycles. The van der Waals surface area contributed by atoms with Gasteiger partial charge in [-0.05, 0) is 73.9 Å². The molecule has 1 amide bonds. The summed E-state index contributed by atoms with van der Waals surface area (Å²) in [6, 6.07) is 11.2. The molecule has 0 atom stereocenters. The number of benzene rings is 1. The van der Waals surface area contributed by atoms with Gasteiger partial charge in [-0.3, -0.25) is 9.48 Å². The van der Waals surface area contributed by atoms with E-state index in [1.54, 1.807) is 21.7 Å². The Morgan fingerprint density at radius 1 is 0.951 bits per heavy atom. The number of carbonyl (C=O) groups excluding carboxylic acids is 1. The van der Waals surface area contributed by atoms with E-state index in [0.717, 1.165) is 34.1 Å². The first-order valence-corrected chi connectivity index (χ1v) is 16.5. The van der Waals surface area contributed by atoms with Gasteiger partial charge in [0, 0.05) is 23.4 Å². The van der Waals surface area contributed by atoms with Gasteiger partial charge in [0.1, 0.15) is 11.4 Å². The molecular formula is C30H34F3N5O2Si. The van der Waals surface area contributed by atoms with Crippen LogP contribution in [0.25, 0.3) is 22.3 Å². The highest BCUT2D eigenvalue weighted by atomic mass is 28.4. The number of aromatic nitrogens is 4. The van der Waals surface area contributed by atoms with Gasteiger partial charge in [-0.25, -0.2) is 9.97 Å². The van der Waals surface area contributed by atoms with Gasteiger partial charge in [0.25, 0.3) is 5.91 Å². The normalized spacial score (nSPS) is 14.6. The van der Waals surface area contributed by atoms with Crippen LogP contribution in [-0.2, 0) is 23.8 Å². The van der Waals surface area contributed by atoms with Gasteiger partial charge in [-0.2, -0.15) is 18.3 Å². The smallest absolute Gasteiger partial charge is 0.411 e. The van der Waals surface area contributed by atoms with E-state index in [4.69, 9.17) is 9.52 Å². The van der Waals surface area contributed by atoms with Crippen LogP contribution in [-0.4, -0.2) is 40.5 Å². The molecule has 1 aliphatic heterocycles. The Labute approximate surface area is 238 Å². The van der Waals surface area contributed by atoms with Gasteiger partial charge in [-0.1, -0.05) is 26.8 Å². The van der Waals surface area contributed by atoms with E-state index in [-0.39, 0.29) is 16.5 Å². The number of rotatable bonds is 5. The van der Waals surface area contributed by atoms with E-state index >= 15 is 0 Å². The molecule has 216 valence electrons. The summed E-state index contributed by atoms with van der Waals surface area (Å²) in [4.78, 5) is 23.7. The number of hydrogen-bond acceptors (Lipinski definition) is 5. The minimum absolute atomic E-state index is 0.0759. The number of amides is 1. The summed E-state index contributed by atoms with van der Waals surface area (Å²) >= 11 is 0. The molecule has 41 heavy (non-hydrogen) atoms. The second kappa shape index (κ2) is 10.1. The summed E-state index contributed by atoms with van der Waals surface area (Å²) in [6.45, 7) is 16.3. The predicted molar refractivity (Wildman–Crippen MR) is 155 cm³/mol. The minimum Gasteiger partial charge on any atom is -0.411 e. The molecule has 11 heteroatoms. The maximum atomic E-state index is 13.7. The molecule has 1 aromatic carbocycles. The van der Waals surface area contributed by atoms with E-state index < -0.39 is 20.2 Å². The van der Waals surface area contributed by atoms with Crippen molar-refractivity contribution in [2.24, 2.45) is 0 Å². The van der Waals surface area contributed by atoms with Crippen molar-refractivity contribution in [3.63, 3.8) is 0 Å². The van der Waals surface area contributed by atoms with E-state index in [1.165, 1.54) is 6.07 Å². The van der Waals surface area contributed by atoms with E-state index in [0.29, 0.717) is 36.6 Å². The lowest BCUT2D eigenvalue weighted by Gasteiger charge is -2.35. The third kappa shape index (κ3) is 5.40. The fourth-order valence-electron chi connectivity index (χ4n) is 4.74. The van der Waals surface area contributed by atoms with Gasteiger partial charge in [0.05, 0.1) is 35.6 Å². The predicted octanol–water partition coefficient (Wildman–Crippen LogP) is 7.31. The molecule has 0 unspecified atom stereocenters. The molecular weight excluding hydrogens is 547 g/mol.